The van der Waals surface area contributed by atoms with E-state index in [1.165, 1.54) is 12.1 Å². The van der Waals surface area contributed by atoms with E-state index in [0.29, 0.717) is 6.54 Å². The van der Waals surface area contributed by atoms with E-state index in [0.717, 1.165) is 16.1 Å². The van der Waals surface area contributed by atoms with Crippen molar-refractivity contribution in [2.24, 2.45) is 0 Å². The van der Waals surface area contributed by atoms with E-state index in [2.05, 4.69) is 21.2 Å². The molecule has 0 spiro atoms. The van der Waals surface area contributed by atoms with Crippen LogP contribution >= 0.6 is 15.9 Å². The Labute approximate surface area is 128 Å². The summed E-state index contributed by atoms with van der Waals surface area (Å²) >= 11 is 3.32. The molecule has 0 bridgehead atoms. The summed E-state index contributed by atoms with van der Waals surface area (Å²) in [5, 5.41) is 24.6. The Morgan fingerprint density at radius 3 is 2.24 bits per heavy atom. The highest BCUT2D eigenvalue weighted by Crippen LogP contribution is 2.29. The molecule has 0 radical (unpaired) electrons. The van der Waals surface area contributed by atoms with Gasteiger partial charge in [-0.3, -0.25) is 20.2 Å². The van der Waals surface area contributed by atoms with Gasteiger partial charge in [-0.05, 0) is 23.8 Å². The van der Waals surface area contributed by atoms with E-state index in [1.807, 2.05) is 24.3 Å². The maximum absolute atomic E-state index is 11.0. The molecule has 0 amide bonds. The second-order valence-corrected chi connectivity index (χ2v) is 5.11. The molecule has 0 aliphatic carbocycles. The highest BCUT2D eigenvalue weighted by atomic mass is 79.9. The summed E-state index contributed by atoms with van der Waals surface area (Å²) in [5.41, 5.74) is 0.552. The Bertz CT molecular complexity index is 688. The molecule has 108 valence electrons. The fourth-order valence-electron chi connectivity index (χ4n) is 1.73. The molecule has 0 aliphatic heterocycles. The van der Waals surface area contributed by atoms with Crippen LogP contribution in [0.15, 0.2) is 46.9 Å². The van der Waals surface area contributed by atoms with Crippen LogP contribution in [0, 0.1) is 20.2 Å². The number of nitrogens with zero attached hydrogens (tertiary/aromatic N) is 2. The molecule has 0 aromatic heterocycles. The Morgan fingerprint density at radius 2 is 1.67 bits per heavy atom. The standard InChI is InChI=1S/C13H10BrN3O4/c14-10-3-1-9(2-4-10)8-15-12-6-5-11(16(18)19)7-13(12)17(20)21/h1-7,15H,8H2. The monoisotopic (exact) mass is 351 g/mol. The highest BCUT2D eigenvalue weighted by Gasteiger charge is 2.19. The van der Waals surface area contributed by atoms with Crippen LogP contribution in [0.25, 0.3) is 0 Å². The van der Waals surface area contributed by atoms with Gasteiger partial charge >= 0.3 is 0 Å². The van der Waals surface area contributed by atoms with E-state index in [-0.39, 0.29) is 17.1 Å². The lowest BCUT2D eigenvalue weighted by atomic mass is 10.2. The zero-order valence-electron chi connectivity index (χ0n) is 10.7. The minimum atomic E-state index is -0.661. The van der Waals surface area contributed by atoms with E-state index in [4.69, 9.17) is 0 Å². The fraction of sp³-hybridized carbons (Fsp3) is 0.0769. The first-order valence-electron chi connectivity index (χ1n) is 5.88. The fourth-order valence-corrected chi connectivity index (χ4v) is 2.00. The molecule has 2 rings (SSSR count). The third-order valence-electron chi connectivity index (χ3n) is 2.79. The molecule has 21 heavy (non-hydrogen) atoms. The number of nitrogens with one attached hydrogen (secondary N) is 1. The van der Waals surface area contributed by atoms with Gasteiger partial charge in [0, 0.05) is 17.1 Å². The topological polar surface area (TPSA) is 98.3 Å². The normalized spacial score (nSPS) is 10.1. The third-order valence-corrected chi connectivity index (χ3v) is 3.31. The Morgan fingerprint density at radius 1 is 1.00 bits per heavy atom. The average molecular weight is 352 g/mol. The average Bonchev–Trinajstić information content (AvgIpc) is 2.46. The minimum absolute atomic E-state index is 0.244. The van der Waals surface area contributed by atoms with Gasteiger partial charge in [0.15, 0.2) is 0 Å². The zero-order chi connectivity index (χ0) is 15.4. The molecule has 1 N–H and O–H groups in total. The summed E-state index contributed by atoms with van der Waals surface area (Å²) in [4.78, 5) is 20.3. The number of rotatable bonds is 5. The van der Waals surface area contributed by atoms with Gasteiger partial charge in [0.25, 0.3) is 11.4 Å². The van der Waals surface area contributed by atoms with Crippen molar-refractivity contribution in [3.05, 3.63) is 72.7 Å². The lowest BCUT2D eigenvalue weighted by molar-refractivity contribution is -0.393. The lowest BCUT2D eigenvalue weighted by Crippen LogP contribution is -2.03. The smallest absolute Gasteiger partial charge is 0.299 e. The van der Waals surface area contributed by atoms with Crippen LogP contribution < -0.4 is 5.32 Å². The second-order valence-electron chi connectivity index (χ2n) is 4.20. The van der Waals surface area contributed by atoms with Crippen molar-refractivity contribution in [1.29, 1.82) is 0 Å². The first-order chi connectivity index (χ1) is 9.97. The molecule has 8 heteroatoms. The largest absolute Gasteiger partial charge is 0.375 e. The lowest BCUT2D eigenvalue weighted by Gasteiger charge is -2.07. The summed E-state index contributed by atoms with van der Waals surface area (Å²) in [6.45, 7) is 0.381. The summed E-state index contributed by atoms with van der Waals surface area (Å²) < 4.78 is 0.938. The molecule has 0 aliphatic rings. The number of nitro benzene ring substituents is 2. The molecule has 0 unspecified atom stereocenters. The van der Waals surface area contributed by atoms with Crippen LogP contribution in [0.5, 0.6) is 0 Å². The van der Waals surface area contributed by atoms with Crippen molar-refractivity contribution in [2.45, 2.75) is 6.54 Å². The third kappa shape index (κ3) is 3.76. The molecule has 2 aromatic rings. The van der Waals surface area contributed by atoms with Crippen molar-refractivity contribution >= 4 is 33.0 Å². The minimum Gasteiger partial charge on any atom is -0.375 e. The molecule has 0 saturated carbocycles. The van der Waals surface area contributed by atoms with Gasteiger partial charge in [0.2, 0.25) is 0 Å². The Balaban J connectivity index is 2.21. The summed E-state index contributed by atoms with van der Waals surface area (Å²) in [7, 11) is 0. The van der Waals surface area contributed by atoms with Crippen LogP contribution in [-0.2, 0) is 6.54 Å². The second kappa shape index (κ2) is 6.31. The number of hydrogen-bond acceptors (Lipinski definition) is 5. The van der Waals surface area contributed by atoms with Gasteiger partial charge in [-0.25, -0.2) is 0 Å². The quantitative estimate of drug-likeness (QED) is 0.650. The Hall–Kier alpha value is -2.48. The van der Waals surface area contributed by atoms with E-state index >= 15 is 0 Å². The van der Waals surface area contributed by atoms with Crippen LogP contribution in [0.4, 0.5) is 17.1 Å². The summed E-state index contributed by atoms with van der Waals surface area (Å²) in [6.07, 6.45) is 0. The van der Waals surface area contributed by atoms with Crippen LogP contribution in [0.1, 0.15) is 5.56 Å². The molecule has 0 saturated heterocycles. The van der Waals surface area contributed by atoms with Crippen molar-refractivity contribution in [3.8, 4) is 0 Å². The van der Waals surface area contributed by atoms with Crippen LogP contribution in [0.3, 0.4) is 0 Å². The van der Waals surface area contributed by atoms with Crippen LogP contribution in [0.2, 0.25) is 0 Å². The maximum atomic E-state index is 11.0. The van der Waals surface area contributed by atoms with Gasteiger partial charge in [-0.15, -0.1) is 0 Å². The number of benzene rings is 2. The van der Waals surface area contributed by atoms with Crippen molar-refractivity contribution in [3.63, 3.8) is 0 Å². The Kier molecular flexibility index (Phi) is 4.49. The maximum Gasteiger partial charge on any atom is 0.299 e. The predicted octanol–water partition coefficient (Wildman–Crippen LogP) is 3.88. The molecule has 2 aromatic carbocycles. The number of non-ortho nitro benzene ring substituents is 1. The molecular weight excluding hydrogens is 342 g/mol. The van der Waals surface area contributed by atoms with Crippen molar-refractivity contribution in [1.82, 2.24) is 0 Å². The molecule has 0 fully saturated rings. The van der Waals surface area contributed by atoms with Crippen molar-refractivity contribution in [2.75, 3.05) is 5.32 Å². The molecular formula is C13H10BrN3O4. The van der Waals surface area contributed by atoms with Gasteiger partial charge < -0.3 is 5.32 Å². The number of hydrogen-bond donors (Lipinski definition) is 1. The van der Waals surface area contributed by atoms with Crippen molar-refractivity contribution < 1.29 is 9.85 Å². The molecule has 0 atom stereocenters. The van der Waals surface area contributed by atoms with E-state index in [1.54, 1.807) is 0 Å². The van der Waals surface area contributed by atoms with Gasteiger partial charge in [-0.2, -0.15) is 0 Å². The number of halogens is 1. The highest BCUT2D eigenvalue weighted by molar-refractivity contribution is 9.10. The first kappa shape index (κ1) is 14.9. The number of nitro groups is 2. The van der Waals surface area contributed by atoms with Crippen LogP contribution in [-0.4, -0.2) is 9.85 Å². The molecule has 0 heterocycles. The van der Waals surface area contributed by atoms with E-state index < -0.39 is 9.85 Å². The van der Waals surface area contributed by atoms with Gasteiger partial charge in [0.05, 0.1) is 15.9 Å². The van der Waals surface area contributed by atoms with E-state index in [9.17, 15) is 20.2 Å². The predicted molar refractivity (Wildman–Crippen MR) is 81.2 cm³/mol. The number of anilines is 1. The molecule has 7 nitrogen and oxygen atoms in total. The zero-order valence-corrected chi connectivity index (χ0v) is 12.2. The van der Waals surface area contributed by atoms with Gasteiger partial charge in [0.1, 0.15) is 5.69 Å². The summed E-state index contributed by atoms with van der Waals surface area (Å²) in [5.74, 6) is 0. The SMILES string of the molecule is O=[N+]([O-])c1ccc(NCc2ccc(Br)cc2)c([N+](=O)[O-])c1. The summed E-state index contributed by atoms with van der Waals surface area (Å²) in [6, 6.07) is 11.0. The van der Waals surface area contributed by atoms with Gasteiger partial charge in [-0.1, -0.05) is 28.1 Å². The first-order valence-corrected chi connectivity index (χ1v) is 6.68.